The predicted octanol–water partition coefficient (Wildman–Crippen LogP) is 3.85. The number of rotatable bonds is 9. The van der Waals surface area contributed by atoms with Gasteiger partial charge < -0.3 is 0 Å². The summed E-state index contributed by atoms with van der Waals surface area (Å²) < 4.78 is 54.7. The molecule has 0 aliphatic rings. The van der Waals surface area contributed by atoms with Gasteiger partial charge >= 0.3 is 0 Å². The van der Waals surface area contributed by atoms with Gasteiger partial charge in [-0.05, 0) is 52.0 Å². The number of benzene rings is 2. The number of sulfonamides is 1. The Bertz CT molecular complexity index is 1400. The topological polar surface area (TPSA) is 102 Å². The van der Waals surface area contributed by atoms with Crippen LogP contribution in [0.5, 0.6) is 0 Å². The van der Waals surface area contributed by atoms with Crippen LogP contribution in [0.15, 0.2) is 88.3 Å². The molecule has 0 spiro atoms. The molecule has 0 fully saturated rings. The Morgan fingerprint density at radius 3 is 2.06 bits per heavy atom. The lowest BCUT2D eigenvalue weighted by Gasteiger charge is -2.21. The molecule has 0 bridgehead atoms. The highest BCUT2D eigenvalue weighted by Gasteiger charge is 2.27. The van der Waals surface area contributed by atoms with Crippen molar-refractivity contribution in [1.29, 1.82) is 0 Å². The molecule has 3 aromatic rings. The van der Waals surface area contributed by atoms with E-state index in [1.54, 1.807) is 36.4 Å². The van der Waals surface area contributed by atoms with Crippen LogP contribution in [0, 0.1) is 13.8 Å². The number of aryl methyl sites for hydroxylation is 2. The quantitative estimate of drug-likeness (QED) is 0.414. The van der Waals surface area contributed by atoms with E-state index >= 15 is 0 Å². The van der Waals surface area contributed by atoms with Crippen LogP contribution >= 0.6 is 0 Å². The maximum Gasteiger partial charge on any atom is 0.284 e. The van der Waals surface area contributed by atoms with Crippen LogP contribution < -0.4 is 0 Å². The van der Waals surface area contributed by atoms with Crippen LogP contribution in [0.1, 0.15) is 30.7 Å². The van der Waals surface area contributed by atoms with Crippen LogP contribution in [-0.2, 0) is 26.6 Å². The van der Waals surface area contributed by atoms with E-state index in [9.17, 15) is 16.8 Å². The van der Waals surface area contributed by atoms with Gasteiger partial charge in [0.2, 0.25) is 10.0 Å². The third-order valence-corrected chi connectivity index (χ3v) is 8.43. The molecule has 10 heteroatoms. The van der Waals surface area contributed by atoms with Crippen molar-refractivity contribution in [2.45, 2.75) is 44.0 Å². The van der Waals surface area contributed by atoms with Crippen molar-refractivity contribution >= 4 is 20.0 Å². The van der Waals surface area contributed by atoms with E-state index in [0.29, 0.717) is 0 Å². The monoisotopic (exact) mass is 500 g/mol. The highest BCUT2D eigenvalue weighted by atomic mass is 32.2. The average Bonchev–Trinajstić information content (AvgIpc) is 3.27. The first-order valence-electron chi connectivity index (χ1n) is 10.6. The number of nitrogens with zero attached hydrogens (tertiary/aromatic N) is 4. The SMILES string of the molecule is C/C=C/C=C(\C)CN(Cc1cn(S(=O)(=O)c2ccc(C)cc2)nn1)S(=O)(=O)c1ccc(C)cc1. The van der Waals surface area contributed by atoms with Gasteiger partial charge in [-0.15, -0.1) is 9.19 Å². The third-order valence-electron chi connectivity index (χ3n) is 5.08. The van der Waals surface area contributed by atoms with Crippen molar-refractivity contribution in [3.8, 4) is 0 Å². The van der Waals surface area contributed by atoms with E-state index in [0.717, 1.165) is 20.8 Å². The summed E-state index contributed by atoms with van der Waals surface area (Å²) >= 11 is 0. The summed E-state index contributed by atoms with van der Waals surface area (Å²) in [7, 11) is -7.82. The fourth-order valence-corrected chi connectivity index (χ4v) is 5.69. The highest BCUT2D eigenvalue weighted by Crippen LogP contribution is 2.21. The van der Waals surface area contributed by atoms with Crippen LogP contribution in [0.25, 0.3) is 0 Å². The molecule has 2 aromatic carbocycles. The van der Waals surface area contributed by atoms with Gasteiger partial charge in [-0.2, -0.15) is 12.7 Å². The standard InChI is InChI=1S/C24H28N4O4S2/c1-5-6-7-21(4)16-27(33(29,30)23-12-8-19(2)9-13-23)17-22-18-28(26-25-22)34(31,32)24-14-10-20(3)11-15-24/h5-15,18H,16-17H2,1-4H3/b6-5+,21-7+. The fraction of sp³-hybridized carbons (Fsp3) is 0.250. The van der Waals surface area contributed by atoms with E-state index in [-0.39, 0.29) is 28.6 Å². The van der Waals surface area contributed by atoms with Crippen molar-refractivity contribution in [2.75, 3.05) is 6.54 Å². The molecule has 1 heterocycles. The van der Waals surface area contributed by atoms with Crippen LogP contribution in [0.2, 0.25) is 0 Å². The van der Waals surface area contributed by atoms with Crippen LogP contribution in [0.3, 0.4) is 0 Å². The van der Waals surface area contributed by atoms with Crippen molar-refractivity contribution in [1.82, 2.24) is 18.7 Å². The molecule has 0 amide bonds. The third kappa shape index (κ3) is 5.88. The molecular formula is C24H28N4O4S2. The smallest absolute Gasteiger partial charge is 0.207 e. The number of aromatic nitrogens is 3. The minimum absolute atomic E-state index is 0.0730. The predicted molar refractivity (Wildman–Crippen MR) is 131 cm³/mol. The number of allylic oxidation sites excluding steroid dienone is 3. The molecule has 34 heavy (non-hydrogen) atoms. The van der Waals surface area contributed by atoms with E-state index < -0.39 is 20.0 Å². The molecular weight excluding hydrogens is 472 g/mol. The molecule has 0 aliphatic heterocycles. The maximum atomic E-state index is 13.4. The zero-order valence-corrected chi connectivity index (χ0v) is 21.2. The summed E-state index contributed by atoms with van der Waals surface area (Å²) in [6.07, 6.45) is 6.76. The van der Waals surface area contributed by atoms with Gasteiger partial charge in [0, 0.05) is 6.54 Å². The van der Waals surface area contributed by atoms with E-state index in [2.05, 4.69) is 10.3 Å². The van der Waals surface area contributed by atoms with Gasteiger partial charge in [0.05, 0.1) is 28.2 Å². The van der Waals surface area contributed by atoms with Gasteiger partial charge in [-0.1, -0.05) is 64.4 Å². The Morgan fingerprint density at radius 2 is 1.50 bits per heavy atom. The lowest BCUT2D eigenvalue weighted by atomic mass is 10.2. The van der Waals surface area contributed by atoms with Crippen LogP contribution in [0.4, 0.5) is 0 Å². The Morgan fingerprint density at radius 1 is 0.941 bits per heavy atom. The zero-order valence-electron chi connectivity index (χ0n) is 19.6. The van der Waals surface area contributed by atoms with Gasteiger partial charge in [-0.3, -0.25) is 0 Å². The average molecular weight is 501 g/mol. The second kappa shape index (κ2) is 10.5. The summed E-state index contributed by atoms with van der Waals surface area (Å²) in [6.45, 7) is 7.41. The van der Waals surface area contributed by atoms with Gasteiger partial charge in [0.1, 0.15) is 0 Å². The maximum absolute atomic E-state index is 13.4. The Hall–Kier alpha value is -3.08. The molecule has 0 atom stereocenters. The van der Waals surface area contributed by atoms with Gasteiger partial charge in [0.15, 0.2) is 0 Å². The zero-order chi connectivity index (χ0) is 24.9. The first kappa shape index (κ1) is 25.5. The van der Waals surface area contributed by atoms with E-state index in [1.807, 2.05) is 45.9 Å². The van der Waals surface area contributed by atoms with E-state index in [4.69, 9.17) is 0 Å². The molecule has 1 aromatic heterocycles. The second-order valence-corrected chi connectivity index (χ2v) is 11.8. The molecule has 0 aliphatic carbocycles. The van der Waals surface area contributed by atoms with E-state index in [1.165, 1.54) is 22.6 Å². The molecule has 0 unspecified atom stereocenters. The second-order valence-electron chi connectivity index (χ2n) is 8.03. The molecule has 0 saturated heterocycles. The minimum Gasteiger partial charge on any atom is -0.207 e. The summed E-state index contributed by atoms with van der Waals surface area (Å²) in [5, 5.41) is 7.72. The Kier molecular flexibility index (Phi) is 7.86. The van der Waals surface area contributed by atoms with Crippen molar-refractivity contribution in [3.63, 3.8) is 0 Å². The van der Waals surface area contributed by atoms with Crippen LogP contribution in [-0.4, -0.2) is 42.1 Å². The minimum atomic E-state index is -3.94. The molecule has 0 saturated carbocycles. The molecule has 0 N–H and O–H groups in total. The number of hydrogen-bond donors (Lipinski definition) is 0. The summed E-state index contributed by atoms with van der Waals surface area (Å²) in [6, 6.07) is 13.0. The largest absolute Gasteiger partial charge is 0.284 e. The van der Waals surface area contributed by atoms with Crippen molar-refractivity contribution < 1.29 is 16.8 Å². The molecule has 180 valence electrons. The normalized spacial score (nSPS) is 13.1. The molecule has 0 radical (unpaired) electrons. The Labute approximate surface area is 201 Å². The van der Waals surface area contributed by atoms with Crippen molar-refractivity contribution in [3.05, 3.63) is 95.3 Å². The first-order valence-corrected chi connectivity index (χ1v) is 13.5. The number of hydrogen-bond acceptors (Lipinski definition) is 6. The summed E-state index contributed by atoms with van der Waals surface area (Å²) in [5.74, 6) is 0. The summed E-state index contributed by atoms with van der Waals surface area (Å²) in [4.78, 5) is 0.223. The van der Waals surface area contributed by atoms with Gasteiger partial charge in [-0.25, -0.2) is 8.42 Å². The molecule has 8 nitrogen and oxygen atoms in total. The first-order chi connectivity index (χ1) is 16.0. The lowest BCUT2D eigenvalue weighted by molar-refractivity contribution is 0.426. The lowest BCUT2D eigenvalue weighted by Crippen LogP contribution is -2.32. The molecule has 3 rings (SSSR count). The Balaban J connectivity index is 1.95. The van der Waals surface area contributed by atoms with Crippen molar-refractivity contribution in [2.24, 2.45) is 0 Å². The highest BCUT2D eigenvalue weighted by molar-refractivity contribution is 7.90. The van der Waals surface area contributed by atoms with Gasteiger partial charge in [0.25, 0.3) is 10.0 Å². The summed E-state index contributed by atoms with van der Waals surface area (Å²) in [5.41, 5.74) is 2.90. The fourth-order valence-electron chi connectivity index (χ4n) is 3.15.